The molecule has 64 heavy (non-hydrogen) atoms. The van der Waals surface area contributed by atoms with Crippen molar-refractivity contribution in [1.29, 1.82) is 0 Å². The summed E-state index contributed by atoms with van der Waals surface area (Å²) >= 11 is 3.38. The molecule has 6 nitrogen and oxygen atoms in total. The van der Waals surface area contributed by atoms with Gasteiger partial charge in [0, 0.05) is 49.7 Å². The molecule has 4 aromatic heterocycles. The molecule has 0 unspecified atom stereocenters. The molecule has 0 bridgehead atoms. The summed E-state index contributed by atoms with van der Waals surface area (Å²) in [6.07, 6.45) is 0. The van der Waals surface area contributed by atoms with Gasteiger partial charge < -0.3 is 4.57 Å². The Bertz CT molecular complexity index is 3680. The van der Waals surface area contributed by atoms with Gasteiger partial charge in [-0.05, 0) is 95.1 Å². The third-order valence-electron chi connectivity index (χ3n) is 12.7. The van der Waals surface area contributed by atoms with Crippen LogP contribution in [0.3, 0.4) is 0 Å². The van der Waals surface area contributed by atoms with Crippen molar-refractivity contribution < 1.29 is 0 Å². The quantitative estimate of drug-likeness (QED) is 0.167. The van der Waals surface area contributed by atoms with Crippen LogP contribution < -0.4 is 0 Å². The summed E-state index contributed by atoms with van der Waals surface area (Å²) in [4.78, 5) is 26.6. The van der Waals surface area contributed by atoms with Crippen molar-refractivity contribution in [2.75, 3.05) is 0 Å². The zero-order valence-electron chi connectivity index (χ0n) is 34.8. The van der Waals surface area contributed by atoms with Crippen LogP contribution in [0, 0.1) is 0 Å². The molecule has 0 saturated carbocycles. The van der Waals surface area contributed by atoms with E-state index in [9.17, 15) is 0 Å². The van der Waals surface area contributed by atoms with Crippen LogP contribution in [0.25, 0.3) is 114 Å². The number of para-hydroxylation sites is 4. The number of thiazole rings is 2. The van der Waals surface area contributed by atoms with Gasteiger partial charge in [-0.25, -0.2) is 24.9 Å². The van der Waals surface area contributed by atoms with Crippen LogP contribution in [0.2, 0.25) is 0 Å². The molecule has 1 aliphatic rings. The largest absolute Gasteiger partial charge is 0.309 e. The van der Waals surface area contributed by atoms with E-state index in [0.717, 1.165) is 85.8 Å². The smallest absolute Gasteiger partial charge is 0.164 e. The van der Waals surface area contributed by atoms with E-state index in [-0.39, 0.29) is 5.41 Å². The topological polar surface area (TPSA) is 69.4 Å². The maximum absolute atomic E-state index is 5.46. The number of nitrogens with zero attached hydrogens (tertiary/aromatic N) is 6. The van der Waals surface area contributed by atoms with Gasteiger partial charge in [0.15, 0.2) is 17.5 Å². The minimum Gasteiger partial charge on any atom is -0.309 e. The summed E-state index contributed by atoms with van der Waals surface area (Å²) in [5.74, 6) is 1.80. The molecule has 0 spiro atoms. The van der Waals surface area contributed by atoms with Crippen LogP contribution in [0.1, 0.15) is 25.0 Å². The molecule has 0 radical (unpaired) electrons. The van der Waals surface area contributed by atoms with Crippen LogP contribution in [0.4, 0.5) is 0 Å². The van der Waals surface area contributed by atoms with E-state index in [1.165, 1.54) is 22.3 Å². The van der Waals surface area contributed by atoms with Crippen LogP contribution in [0.15, 0.2) is 182 Å². The maximum atomic E-state index is 5.46. The van der Waals surface area contributed by atoms with E-state index in [1.54, 1.807) is 22.7 Å². The molecular formula is C56H36N6S2. The first-order valence-electron chi connectivity index (χ1n) is 21.4. The molecule has 0 amide bonds. The van der Waals surface area contributed by atoms with Crippen molar-refractivity contribution in [3.8, 4) is 72.1 Å². The minimum atomic E-state index is -0.191. The molecular weight excluding hydrogens is 821 g/mol. The van der Waals surface area contributed by atoms with Crippen molar-refractivity contribution in [3.63, 3.8) is 0 Å². The fourth-order valence-corrected chi connectivity index (χ4v) is 11.6. The third-order valence-corrected chi connectivity index (χ3v) is 14.9. The standard InChI is InChI=1S/C56H36N6S2/c1-56(2)42-20-8-6-17-38(42)39-28-27-33(32-43(39)56)51-59-52(61-53(60-51)41-19-14-24-47-50(41)40-18-7-11-23-46(40)62(47)37-15-4-3-5-16-37)34-29-35(54-57-44-21-9-12-25-48(44)63-54)31-36(30-34)55-58-45-22-10-13-26-49(45)64-55/h3-32H,1-2H3. The summed E-state index contributed by atoms with van der Waals surface area (Å²) in [6, 6.07) is 64.3. The molecule has 0 atom stereocenters. The Morgan fingerprint density at radius 3 is 1.70 bits per heavy atom. The summed E-state index contributed by atoms with van der Waals surface area (Å²) < 4.78 is 4.61. The maximum Gasteiger partial charge on any atom is 0.164 e. The molecule has 0 fully saturated rings. The Hall–Kier alpha value is -7.65. The van der Waals surface area contributed by atoms with Crippen LogP contribution >= 0.6 is 22.7 Å². The molecule has 4 heterocycles. The van der Waals surface area contributed by atoms with E-state index in [4.69, 9.17) is 24.9 Å². The number of hydrogen-bond donors (Lipinski definition) is 0. The van der Waals surface area contributed by atoms with Gasteiger partial charge in [-0.15, -0.1) is 22.7 Å². The molecule has 8 aromatic carbocycles. The van der Waals surface area contributed by atoms with E-state index < -0.39 is 0 Å². The highest BCUT2D eigenvalue weighted by atomic mass is 32.1. The van der Waals surface area contributed by atoms with Crippen molar-refractivity contribution >= 4 is 64.9 Å². The lowest BCUT2D eigenvalue weighted by Gasteiger charge is -2.21. The Kier molecular flexibility index (Phi) is 8.19. The second-order valence-corrected chi connectivity index (χ2v) is 19.0. The molecule has 0 aliphatic heterocycles. The summed E-state index contributed by atoms with van der Waals surface area (Å²) in [7, 11) is 0. The third kappa shape index (κ3) is 5.80. The Labute approximate surface area is 376 Å². The number of fused-ring (bicyclic) bond motifs is 8. The zero-order chi connectivity index (χ0) is 42.5. The highest BCUT2D eigenvalue weighted by molar-refractivity contribution is 7.22. The Morgan fingerprint density at radius 2 is 0.969 bits per heavy atom. The Morgan fingerprint density at radius 1 is 0.406 bits per heavy atom. The van der Waals surface area contributed by atoms with Gasteiger partial charge in [-0.2, -0.15) is 0 Å². The van der Waals surface area contributed by atoms with Gasteiger partial charge in [0.1, 0.15) is 10.0 Å². The first kappa shape index (κ1) is 37.0. The SMILES string of the molecule is CC1(C)c2ccccc2-c2ccc(-c3nc(-c4cc(-c5nc6ccccc6s5)cc(-c5nc6ccccc6s5)c4)nc(-c4cccc5c4c4ccccc4n5-c4ccccc4)n3)cc21. The lowest BCUT2D eigenvalue weighted by atomic mass is 9.82. The molecule has 13 rings (SSSR count). The monoisotopic (exact) mass is 856 g/mol. The van der Waals surface area contributed by atoms with Crippen molar-refractivity contribution in [2.24, 2.45) is 0 Å². The highest BCUT2D eigenvalue weighted by Crippen LogP contribution is 2.50. The molecule has 12 aromatic rings. The lowest BCUT2D eigenvalue weighted by Crippen LogP contribution is -2.15. The van der Waals surface area contributed by atoms with Gasteiger partial charge >= 0.3 is 0 Å². The van der Waals surface area contributed by atoms with E-state index in [1.807, 2.05) is 12.1 Å². The van der Waals surface area contributed by atoms with Crippen molar-refractivity contribution in [1.82, 2.24) is 29.5 Å². The number of benzene rings is 8. The van der Waals surface area contributed by atoms with Crippen LogP contribution in [-0.4, -0.2) is 29.5 Å². The average Bonchev–Trinajstić information content (AvgIpc) is 4.12. The van der Waals surface area contributed by atoms with E-state index in [2.05, 4.69) is 188 Å². The summed E-state index contributed by atoms with van der Waals surface area (Å²) in [5.41, 5.74) is 14.9. The molecule has 0 N–H and O–H groups in total. The minimum absolute atomic E-state index is 0.191. The van der Waals surface area contributed by atoms with Gasteiger partial charge in [-0.1, -0.05) is 123 Å². The molecule has 302 valence electrons. The van der Waals surface area contributed by atoms with E-state index in [0.29, 0.717) is 17.5 Å². The van der Waals surface area contributed by atoms with Crippen molar-refractivity contribution in [2.45, 2.75) is 19.3 Å². The Balaban J connectivity index is 1.07. The second kappa shape index (κ2) is 14.2. The number of rotatable bonds is 6. The van der Waals surface area contributed by atoms with Crippen LogP contribution in [-0.2, 0) is 5.41 Å². The van der Waals surface area contributed by atoms with Gasteiger partial charge in [0.25, 0.3) is 0 Å². The predicted octanol–water partition coefficient (Wildman–Crippen LogP) is 14.8. The van der Waals surface area contributed by atoms with Gasteiger partial charge in [-0.3, -0.25) is 0 Å². The van der Waals surface area contributed by atoms with Gasteiger partial charge in [0.2, 0.25) is 0 Å². The highest BCUT2D eigenvalue weighted by Gasteiger charge is 2.35. The lowest BCUT2D eigenvalue weighted by molar-refractivity contribution is 0.660. The zero-order valence-corrected chi connectivity index (χ0v) is 36.5. The van der Waals surface area contributed by atoms with Crippen molar-refractivity contribution in [3.05, 3.63) is 193 Å². The summed E-state index contributed by atoms with van der Waals surface area (Å²) in [6.45, 7) is 4.62. The fraction of sp³-hybridized carbons (Fsp3) is 0.0536. The van der Waals surface area contributed by atoms with E-state index >= 15 is 0 Å². The van der Waals surface area contributed by atoms with Crippen LogP contribution in [0.5, 0.6) is 0 Å². The predicted molar refractivity (Wildman–Crippen MR) is 265 cm³/mol. The number of aromatic nitrogens is 6. The fourth-order valence-electron chi connectivity index (χ4n) is 9.65. The molecule has 1 aliphatic carbocycles. The number of hydrogen-bond acceptors (Lipinski definition) is 7. The first-order valence-corrected chi connectivity index (χ1v) is 23.0. The molecule has 0 saturated heterocycles. The summed E-state index contributed by atoms with van der Waals surface area (Å²) in [5, 5.41) is 4.08. The molecule has 8 heteroatoms. The van der Waals surface area contributed by atoms with Gasteiger partial charge in [0.05, 0.1) is 31.5 Å². The average molecular weight is 857 g/mol. The second-order valence-electron chi connectivity index (χ2n) is 16.9. The normalized spacial score (nSPS) is 13.0. The first-order chi connectivity index (χ1) is 31.4.